The summed E-state index contributed by atoms with van der Waals surface area (Å²) in [4.78, 5) is 17.1. The highest BCUT2D eigenvalue weighted by Crippen LogP contribution is 2.29. The minimum absolute atomic E-state index is 0.281. The minimum atomic E-state index is -0.382. The third-order valence-electron chi connectivity index (χ3n) is 4.23. The van der Waals surface area contributed by atoms with Crippen molar-refractivity contribution in [2.45, 2.75) is 13.0 Å². The summed E-state index contributed by atoms with van der Waals surface area (Å²) in [6, 6.07) is 12.1. The summed E-state index contributed by atoms with van der Waals surface area (Å²) in [6.07, 6.45) is 1.59. The first-order valence-electron chi connectivity index (χ1n) is 8.26. The molecule has 0 spiro atoms. The summed E-state index contributed by atoms with van der Waals surface area (Å²) in [6.45, 7) is 2.15. The molecule has 0 fully saturated rings. The topological polar surface area (TPSA) is 60.7 Å². The van der Waals surface area contributed by atoms with Crippen molar-refractivity contribution in [1.82, 2.24) is 5.48 Å². The van der Waals surface area contributed by atoms with E-state index in [0.29, 0.717) is 21.4 Å². The van der Waals surface area contributed by atoms with Crippen molar-refractivity contribution in [2.24, 2.45) is 0 Å². The SMILES string of the molecule is Cc1cc(=O)oc2cc(OC[C@H]3C=C(c4ccc(Cl)cc4Cl)NO3)ccc12. The second-order valence-corrected chi connectivity index (χ2v) is 7.02. The highest BCUT2D eigenvalue weighted by Gasteiger charge is 2.20. The van der Waals surface area contributed by atoms with Crippen molar-refractivity contribution in [3.63, 3.8) is 0 Å². The Hall–Kier alpha value is -2.47. The molecule has 3 aromatic rings. The molecular weight excluding hydrogens is 389 g/mol. The molecule has 138 valence electrons. The second kappa shape index (κ2) is 7.27. The van der Waals surface area contributed by atoms with Gasteiger partial charge in [0.15, 0.2) is 0 Å². The number of rotatable bonds is 4. The molecule has 0 saturated heterocycles. The van der Waals surface area contributed by atoms with E-state index in [1.165, 1.54) is 6.07 Å². The van der Waals surface area contributed by atoms with Crippen LogP contribution < -0.4 is 15.8 Å². The zero-order valence-corrected chi connectivity index (χ0v) is 15.8. The lowest BCUT2D eigenvalue weighted by Crippen LogP contribution is -2.19. The van der Waals surface area contributed by atoms with Gasteiger partial charge in [0.05, 0.1) is 10.7 Å². The normalized spacial score (nSPS) is 16.3. The molecule has 2 heterocycles. The second-order valence-electron chi connectivity index (χ2n) is 6.18. The van der Waals surface area contributed by atoms with Gasteiger partial charge in [-0.25, -0.2) is 4.79 Å². The van der Waals surface area contributed by atoms with Crippen LogP contribution >= 0.6 is 23.2 Å². The van der Waals surface area contributed by atoms with Gasteiger partial charge in [-0.2, -0.15) is 0 Å². The van der Waals surface area contributed by atoms with Crippen LogP contribution in [-0.4, -0.2) is 12.7 Å². The largest absolute Gasteiger partial charge is 0.490 e. The smallest absolute Gasteiger partial charge is 0.336 e. The number of nitrogens with one attached hydrogen (secondary N) is 1. The fourth-order valence-corrected chi connectivity index (χ4v) is 3.41. The van der Waals surface area contributed by atoms with Crippen molar-refractivity contribution < 1.29 is 14.0 Å². The quantitative estimate of drug-likeness (QED) is 0.637. The molecule has 1 N–H and O–H groups in total. The zero-order valence-electron chi connectivity index (χ0n) is 14.3. The summed E-state index contributed by atoms with van der Waals surface area (Å²) in [5.74, 6) is 0.589. The summed E-state index contributed by atoms with van der Waals surface area (Å²) in [7, 11) is 0. The van der Waals surface area contributed by atoms with E-state index < -0.39 is 0 Å². The Bertz CT molecular complexity index is 1110. The van der Waals surface area contributed by atoms with Gasteiger partial charge in [-0.1, -0.05) is 23.2 Å². The van der Waals surface area contributed by atoms with E-state index in [1.54, 1.807) is 18.2 Å². The fraction of sp³-hybridized carbons (Fsp3) is 0.150. The first kappa shape index (κ1) is 17.9. The molecule has 0 radical (unpaired) electrons. The molecule has 0 bridgehead atoms. The lowest BCUT2D eigenvalue weighted by molar-refractivity contribution is 0.0236. The van der Waals surface area contributed by atoms with Crippen LogP contribution in [0.2, 0.25) is 10.0 Å². The molecule has 1 aliphatic heterocycles. The molecule has 5 nitrogen and oxygen atoms in total. The zero-order chi connectivity index (χ0) is 19.0. The van der Waals surface area contributed by atoms with Gasteiger partial charge in [0, 0.05) is 28.1 Å². The van der Waals surface area contributed by atoms with E-state index in [0.717, 1.165) is 22.2 Å². The van der Waals surface area contributed by atoms with Gasteiger partial charge in [-0.3, -0.25) is 10.3 Å². The van der Waals surface area contributed by atoms with Gasteiger partial charge >= 0.3 is 5.63 Å². The maximum absolute atomic E-state index is 11.5. The van der Waals surface area contributed by atoms with E-state index in [2.05, 4.69) is 5.48 Å². The molecule has 27 heavy (non-hydrogen) atoms. The van der Waals surface area contributed by atoms with Crippen LogP contribution in [0, 0.1) is 6.92 Å². The number of hydroxylamine groups is 1. The standard InChI is InChI=1S/C20H15Cl2NO4/c1-11-6-20(24)26-19-9-13(3-5-15(11)19)25-10-14-8-18(23-27-14)16-4-2-12(21)7-17(16)22/h2-9,14,23H,10H2,1H3/t14-/m1/s1. The molecule has 2 aromatic carbocycles. The summed E-state index contributed by atoms with van der Waals surface area (Å²) in [5, 5.41) is 1.98. The number of aryl methyl sites for hydroxylation is 1. The predicted molar refractivity (Wildman–Crippen MR) is 105 cm³/mol. The van der Waals surface area contributed by atoms with Crippen LogP contribution in [-0.2, 0) is 4.84 Å². The van der Waals surface area contributed by atoms with E-state index in [-0.39, 0.29) is 18.3 Å². The summed E-state index contributed by atoms with van der Waals surface area (Å²) in [5.41, 5.74) is 5.39. The molecule has 0 saturated carbocycles. The Morgan fingerprint density at radius 3 is 2.81 bits per heavy atom. The maximum Gasteiger partial charge on any atom is 0.336 e. The molecular formula is C20H15Cl2NO4. The highest BCUT2D eigenvalue weighted by atomic mass is 35.5. The van der Waals surface area contributed by atoms with E-state index in [1.807, 2.05) is 31.2 Å². The molecule has 7 heteroatoms. The Morgan fingerprint density at radius 2 is 2.00 bits per heavy atom. The van der Waals surface area contributed by atoms with Gasteiger partial charge < -0.3 is 9.15 Å². The Balaban J connectivity index is 1.48. The predicted octanol–water partition coefficient (Wildman–Crippen LogP) is 4.73. The minimum Gasteiger partial charge on any atom is -0.490 e. The highest BCUT2D eigenvalue weighted by molar-refractivity contribution is 6.35. The lowest BCUT2D eigenvalue weighted by atomic mass is 10.1. The number of ether oxygens (including phenoxy) is 1. The molecule has 4 rings (SSSR count). The van der Waals surface area contributed by atoms with Crippen LogP contribution in [0.1, 0.15) is 11.1 Å². The lowest BCUT2D eigenvalue weighted by Gasteiger charge is -2.10. The molecule has 0 unspecified atom stereocenters. The number of hydrogen-bond donors (Lipinski definition) is 1. The summed E-state index contributed by atoms with van der Waals surface area (Å²) < 4.78 is 11.0. The van der Waals surface area contributed by atoms with Gasteiger partial charge in [-0.15, -0.1) is 0 Å². The number of halogens is 2. The monoisotopic (exact) mass is 403 g/mol. The van der Waals surface area contributed by atoms with Gasteiger partial charge in [0.1, 0.15) is 24.0 Å². The average molecular weight is 404 g/mol. The van der Waals surface area contributed by atoms with Crippen LogP contribution in [0.5, 0.6) is 5.75 Å². The summed E-state index contributed by atoms with van der Waals surface area (Å²) >= 11 is 12.2. The number of hydrogen-bond acceptors (Lipinski definition) is 5. The first-order chi connectivity index (χ1) is 13.0. The van der Waals surface area contributed by atoms with Gasteiger partial charge in [0.2, 0.25) is 0 Å². The van der Waals surface area contributed by atoms with Gasteiger partial charge in [-0.05, 0) is 48.9 Å². The molecule has 0 amide bonds. The first-order valence-corrected chi connectivity index (χ1v) is 9.01. The molecule has 1 aliphatic rings. The molecule has 1 aromatic heterocycles. The third kappa shape index (κ3) is 3.81. The van der Waals surface area contributed by atoms with Crippen molar-refractivity contribution in [3.05, 3.63) is 80.1 Å². The van der Waals surface area contributed by atoms with E-state index in [4.69, 9.17) is 37.2 Å². The fourth-order valence-electron chi connectivity index (χ4n) is 2.90. The maximum atomic E-state index is 11.5. The molecule has 0 aliphatic carbocycles. The van der Waals surface area contributed by atoms with E-state index in [9.17, 15) is 4.79 Å². The van der Waals surface area contributed by atoms with Crippen molar-refractivity contribution >= 4 is 39.9 Å². The van der Waals surface area contributed by atoms with Crippen LogP contribution in [0.25, 0.3) is 16.7 Å². The molecule has 1 atom stereocenters. The van der Waals surface area contributed by atoms with E-state index >= 15 is 0 Å². The van der Waals surface area contributed by atoms with Crippen LogP contribution in [0.4, 0.5) is 0 Å². The Kier molecular flexibility index (Phi) is 4.83. The number of fused-ring (bicyclic) bond motifs is 1. The van der Waals surface area contributed by atoms with Crippen LogP contribution in [0.15, 0.2) is 57.8 Å². The third-order valence-corrected chi connectivity index (χ3v) is 4.78. The number of benzene rings is 2. The Labute approximate surface area is 165 Å². The average Bonchev–Trinajstić information content (AvgIpc) is 3.08. The van der Waals surface area contributed by atoms with Crippen molar-refractivity contribution in [3.8, 4) is 5.75 Å². The van der Waals surface area contributed by atoms with Crippen LogP contribution in [0.3, 0.4) is 0 Å². The van der Waals surface area contributed by atoms with Crippen molar-refractivity contribution in [2.75, 3.05) is 6.61 Å². The van der Waals surface area contributed by atoms with Gasteiger partial charge in [0.25, 0.3) is 0 Å². The Morgan fingerprint density at radius 1 is 1.15 bits per heavy atom. The van der Waals surface area contributed by atoms with Crippen molar-refractivity contribution in [1.29, 1.82) is 0 Å².